The van der Waals surface area contributed by atoms with Gasteiger partial charge in [0.15, 0.2) is 5.69 Å². The highest BCUT2D eigenvalue weighted by atomic mass is 35.5. The van der Waals surface area contributed by atoms with E-state index >= 15 is 0 Å². The van der Waals surface area contributed by atoms with Crippen molar-refractivity contribution in [2.45, 2.75) is 25.2 Å². The number of hydrogen-bond acceptors (Lipinski definition) is 5. The third kappa shape index (κ3) is 6.00. The Labute approximate surface area is 183 Å². The van der Waals surface area contributed by atoms with E-state index in [0.717, 1.165) is 12.1 Å². The van der Waals surface area contributed by atoms with Crippen molar-refractivity contribution in [1.29, 1.82) is 0 Å². The molecule has 32 heavy (non-hydrogen) atoms. The van der Waals surface area contributed by atoms with E-state index in [1.54, 1.807) is 0 Å². The van der Waals surface area contributed by atoms with Crippen LogP contribution in [0.15, 0.2) is 24.4 Å². The molecule has 1 amide bonds. The van der Waals surface area contributed by atoms with Gasteiger partial charge in [0.1, 0.15) is 0 Å². The summed E-state index contributed by atoms with van der Waals surface area (Å²) in [6.07, 6.45) is -7.93. The van der Waals surface area contributed by atoms with Crippen molar-refractivity contribution in [2.75, 3.05) is 25.1 Å². The van der Waals surface area contributed by atoms with Gasteiger partial charge >= 0.3 is 12.4 Å². The van der Waals surface area contributed by atoms with Crippen molar-refractivity contribution < 1.29 is 35.9 Å². The first-order valence-electron chi connectivity index (χ1n) is 9.39. The molecule has 13 heteroatoms. The Morgan fingerprint density at radius 1 is 1.12 bits per heavy atom. The number of ether oxygens (including phenoxy) is 1. The van der Waals surface area contributed by atoms with Crippen molar-refractivity contribution in [3.8, 4) is 0 Å². The molecular formula is C19H17ClF6N4O2. The molecule has 1 fully saturated rings. The maximum atomic E-state index is 13.5. The van der Waals surface area contributed by atoms with Crippen LogP contribution >= 0.6 is 11.6 Å². The lowest BCUT2D eigenvalue weighted by molar-refractivity contribution is -0.141. The first-order valence-corrected chi connectivity index (χ1v) is 9.77. The minimum atomic E-state index is -5.04. The van der Waals surface area contributed by atoms with E-state index in [4.69, 9.17) is 16.3 Å². The fraction of sp³-hybridized carbons (Fsp3) is 0.421. The van der Waals surface area contributed by atoms with E-state index < -0.39 is 46.7 Å². The van der Waals surface area contributed by atoms with Gasteiger partial charge in [0.25, 0.3) is 5.91 Å². The van der Waals surface area contributed by atoms with Crippen LogP contribution < -0.4 is 10.6 Å². The van der Waals surface area contributed by atoms with E-state index in [-0.39, 0.29) is 17.5 Å². The van der Waals surface area contributed by atoms with Gasteiger partial charge in [-0.1, -0.05) is 11.6 Å². The topological polar surface area (TPSA) is 76.1 Å². The van der Waals surface area contributed by atoms with Crippen LogP contribution in [-0.2, 0) is 17.1 Å². The van der Waals surface area contributed by atoms with Crippen molar-refractivity contribution >= 4 is 29.1 Å². The van der Waals surface area contributed by atoms with E-state index in [1.165, 1.54) is 0 Å². The predicted octanol–water partition coefficient (Wildman–Crippen LogP) is 5.07. The Morgan fingerprint density at radius 3 is 2.44 bits per heavy atom. The summed E-state index contributed by atoms with van der Waals surface area (Å²) in [7, 11) is 0. The highest BCUT2D eigenvalue weighted by Gasteiger charge is 2.39. The van der Waals surface area contributed by atoms with Gasteiger partial charge in [0, 0.05) is 31.0 Å². The van der Waals surface area contributed by atoms with Gasteiger partial charge < -0.3 is 15.4 Å². The summed E-state index contributed by atoms with van der Waals surface area (Å²) >= 11 is 5.59. The maximum Gasteiger partial charge on any atom is 0.434 e. The van der Waals surface area contributed by atoms with Gasteiger partial charge in [-0.2, -0.15) is 26.3 Å². The lowest BCUT2D eigenvalue weighted by atomic mass is 10.0. The number of carbonyl (C=O) groups excluding carboxylic acids is 1. The summed E-state index contributed by atoms with van der Waals surface area (Å²) < 4.78 is 85.5. The molecule has 0 atom stereocenters. The van der Waals surface area contributed by atoms with Crippen LogP contribution in [0.1, 0.15) is 34.5 Å². The Balaban J connectivity index is 1.85. The zero-order chi connectivity index (χ0) is 23.5. The molecule has 0 radical (unpaired) electrons. The van der Waals surface area contributed by atoms with E-state index in [1.807, 2.05) is 0 Å². The quantitative estimate of drug-likeness (QED) is 0.582. The smallest absolute Gasteiger partial charge is 0.381 e. The van der Waals surface area contributed by atoms with Gasteiger partial charge in [-0.25, -0.2) is 9.97 Å². The lowest BCUT2D eigenvalue weighted by Crippen LogP contribution is -2.33. The van der Waals surface area contributed by atoms with Crippen molar-refractivity contribution in [1.82, 2.24) is 15.3 Å². The molecule has 0 unspecified atom stereocenters. The third-order valence-corrected chi connectivity index (χ3v) is 4.96. The fourth-order valence-electron chi connectivity index (χ4n) is 3.09. The zero-order valence-corrected chi connectivity index (χ0v) is 17.0. The molecule has 0 bridgehead atoms. The average molecular weight is 483 g/mol. The number of rotatable bonds is 5. The van der Waals surface area contributed by atoms with Gasteiger partial charge in [-0.05, 0) is 37.0 Å². The largest absolute Gasteiger partial charge is 0.434 e. The maximum absolute atomic E-state index is 13.5. The van der Waals surface area contributed by atoms with Crippen LogP contribution in [-0.4, -0.2) is 35.6 Å². The predicted molar refractivity (Wildman–Crippen MR) is 103 cm³/mol. The Kier molecular flexibility index (Phi) is 7.13. The highest BCUT2D eigenvalue weighted by molar-refractivity contribution is 6.30. The first-order chi connectivity index (χ1) is 14.9. The first kappa shape index (κ1) is 24.1. The summed E-state index contributed by atoms with van der Waals surface area (Å²) in [6.45, 7) is 1.16. The summed E-state index contributed by atoms with van der Waals surface area (Å²) in [4.78, 5) is 19.2. The Bertz CT molecular complexity index is 977. The number of hydrogen-bond donors (Lipinski definition) is 2. The average Bonchev–Trinajstić information content (AvgIpc) is 2.72. The standard InChI is InChI=1S/C19H17ClF6N4O2/c20-11-1-2-14(13(7-11)18(21,22)23)29-17-28-9-12(15(30-17)19(24,25)26)16(31)27-8-10-3-5-32-6-4-10/h1-2,7,9-10H,3-6,8H2,(H,27,31)(H,28,29,30). The molecule has 1 aromatic heterocycles. The normalized spacial score (nSPS) is 15.5. The molecule has 1 saturated heterocycles. The van der Waals surface area contributed by atoms with Crippen LogP contribution in [0.4, 0.5) is 38.0 Å². The van der Waals surface area contributed by atoms with E-state index in [9.17, 15) is 31.1 Å². The number of carbonyl (C=O) groups is 1. The number of aromatic nitrogens is 2. The molecular weight excluding hydrogens is 466 g/mol. The number of nitrogens with zero attached hydrogens (tertiary/aromatic N) is 2. The number of alkyl halides is 6. The van der Waals surface area contributed by atoms with E-state index in [2.05, 4.69) is 20.6 Å². The zero-order valence-electron chi connectivity index (χ0n) is 16.3. The highest BCUT2D eigenvalue weighted by Crippen LogP contribution is 2.38. The van der Waals surface area contributed by atoms with Gasteiger partial charge in [-0.15, -0.1) is 0 Å². The Morgan fingerprint density at radius 2 is 1.81 bits per heavy atom. The second-order valence-electron chi connectivity index (χ2n) is 7.03. The van der Waals surface area contributed by atoms with Crippen LogP contribution in [0.2, 0.25) is 5.02 Å². The van der Waals surface area contributed by atoms with E-state index in [0.29, 0.717) is 38.3 Å². The number of amides is 1. The number of benzene rings is 1. The molecule has 2 N–H and O–H groups in total. The van der Waals surface area contributed by atoms with Crippen LogP contribution in [0.25, 0.3) is 0 Å². The third-order valence-electron chi connectivity index (χ3n) is 4.73. The van der Waals surface area contributed by atoms with Crippen molar-refractivity contribution in [3.63, 3.8) is 0 Å². The van der Waals surface area contributed by atoms with Gasteiger partial charge in [0.2, 0.25) is 5.95 Å². The minimum Gasteiger partial charge on any atom is -0.381 e. The molecule has 1 aliphatic heterocycles. The van der Waals surface area contributed by atoms with Crippen molar-refractivity contribution in [3.05, 3.63) is 46.2 Å². The Hall–Kier alpha value is -2.60. The number of anilines is 2. The summed E-state index contributed by atoms with van der Waals surface area (Å²) in [5.74, 6) is -1.72. The van der Waals surface area contributed by atoms with Crippen molar-refractivity contribution in [2.24, 2.45) is 5.92 Å². The molecule has 0 spiro atoms. The summed E-state index contributed by atoms with van der Waals surface area (Å²) in [6, 6.07) is 2.69. The van der Waals surface area contributed by atoms with Gasteiger partial charge in [-0.3, -0.25) is 4.79 Å². The second kappa shape index (κ2) is 9.49. The molecule has 1 aromatic carbocycles. The van der Waals surface area contributed by atoms with Crippen LogP contribution in [0.3, 0.4) is 0 Å². The molecule has 0 saturated carbocycles. The van der Waals surface area contributed by atoms with Gasteiger partial charge in [0.05, 0.1) is 16.8 Å². The molecule has 0 aliphatic carbocycles. The lowest BCUT2D eigenvalue weighted by Gasteiger charge is -2.22. The fourth-order valence-corrected chi connectivity index (χ4v) is 3.26. The molecule has 2 aromatic rings. The summed E-state index contributed by atoms with van der Waals surface area (Å²) in [5, 5.41) is 4.34. The molecule has 174 valence electrons. The molecule has 6 nitrogen and oxygen atoms in total. The summed E-state index contributed by atoms with van der Waals surface area (Å²) in [5.41, 5.74) is -4.20. The molecule has 3 rings (SSSR count). The van der Waals surface area contributed by atoms with Crippen LogP contribution in [0, 0.1) is 5.92 Å². The molecule has 2 heterocycles. The second-order valence-corrected chi connectivity index (χ2v) is 7.47. The SMILES string of the molecule is O=C(NCC1CCOCC1)c1cnc(Nc2ccc(Cl)cc2C(F)(F)F)nc1C(F)(F)F. The number of nitrogens with one attached hydrogen (secondary N) is 2. The number of halogens is 7. The minimum absolute atomic E-state index is 0.0644. The molecule has 1 aliphatic rings. The monoisotopic (exact) mass is 482 g/mol. The van der Waals surface area contributed by atoms with Crippen LogP contribution in [0.5, 0.6) is 0 Å².